The molecule has 2 heterocycles. The minimum atomic E-state index is -0.282. The van der Waals surface area contributed by atoms with Crippen molar-refractivity contribution in [3.63, 3.8) is 0 Å². The molecule has 0 spiro atoms. The van der Waals surface area contributed by atoms with Crippen molar-refractivity contribution in [1.29, 1.82) is 0 Å². The summed E-state index contributed by atoms with van der Waals surface area (Å²) in [6, 6.07) is 11.2. The molecule has 0 unspecified atom stereocenters. The van der Waals surface area contributed by atoms with Crippen LogP contribution in [0.3, 0.4) is 0 Å². The van der Waals surface area contributed by atoms with Gasteiger partial charge in [-0.2, -0.15) is 0 Å². The molecule has 0 atom stereocenters. The molecular formula is C13H8BrN3O2S. The zero-order valence-electron chi connectivity index (χ0n) is 10.0. The van der Waals surface area contributed by atoms with Gasteiger partial charge in [-0.05, 0) is 39.5 Å². The standard InChI is InChI=1S/C13H8BrN3O2S/c14-9-6-7-20-10(9)11(18)15-13-17-16-12(19-13)8-4-2-1-3-5-8/h1-7H,(H,15,17,18). The lowest BCUT2D eigenvalue weighted by Crippen LogP contribution is -2.10. The lowest BCUT2D eigenvalue weighted by molar-refractivity contribution is 0.102. The number of carbonyl (C=O) groups excluding carboxylic acids is 1. The van der Waals surface area contributed by atoms with E-state index in [0.717, 1.165) is 10.0 Å². The van der Waals surface area contributed by atoms with E-state index in [9.17, 15) is 4.79 Å². The summed E-state index contributed by atoms with van der Waals surface area (Å²) in [7, 11) is 0. The van der Waals surface area contributed by atoms with E-state index < -0.39 is 0 Å². The third-order valence-corrected chi connectivity index (χ3v) is 4.33. The number of thiophene rings is 1. The van der Waals surface area contributed by atoms with Crippen LogP contribution in [0.25, 0.3) is 11.5 Å². The molecule has 0 fully saturated rings. The van der Waals surface area contributed by atoms with Gasteiger partial charge >= 0.3 is 6.01 Å². The fourth-order valence-electron chi connectivity index (χ4n) is 1.58. The van der Waals surface area contributed by atoms with Gasteiger partial charge in [-0.15, -0.1) is 16.4 Å². The highest BCUT2D eigenvalue weighted by Gasteiger charge is 2.15. The van der Waals surface area contributed by atoms with Crippen LogP contribution in [0.4, 0.5) is 6.01 Å². The third kappa shape index (κ3) is 2.63. The number of nitrogens with one attached hydrogen (secondary N) is 1. The second-order valence-corrected chi connectivity index (χ2v) is 5.60. The number of aromatic nitrogens is 2. The highest BCUT2D eigenvalue weighted by Crippen LogP contribution is 2.24. The molecule has 2 aromatic heterocycles. The Morgan fingerprint density at radius 3 is 2.70 bits per heavy atom. The Hall–Kier alpha value is -1.99. The fourth-order valence-corrected chi connectivity index (χ4v) is 3.03. The van der Waals surface area contributed by atoms with Crippen LogP contribution in [0.1, 0.15) is 9.67 Å². The van der Waals surface area contributed by atoms with Gasteiger partial charge in [0.1, 0.15) is 4.88 Å². The molecule has 0 aliphatic heterocycles. The van der Waals surface area contributed by atoms with E-state index in [1.165, 1.54) is 11.3 Å². The first kappa shape index (κ1) is 13.0. The van der Waals surface area contributed by atoms with Crippen molar-refractivity contribution in [2.75, 3.05) is 5.32 Å². The van der Waals surface area contributed by atoms with Gasteiger partial charge in [0.25, 0.3) is 5.91 Å². The summed E-state index contributed by atoms with van der Waals surface area (Å²) in [5.41, 5.74) is 0.804. The Labute approximate surface area is 126 Å². The van der Waals surface area contributed by atoms with Gasteiger partial charge < -0.3 is 4.42 Å². The summed E-state index contributed by atoms with van der Waals surface area (Å²) in [5.74, 6) is 0.0845. The van der Waals surface area contributed by atoms with Crippen LogP contribution in [0.15, 0.2) is 50.7 Å². The second-order valence-electron chi connectivity index (χ2n) is 3.83. The monoisotopic (exact) mass is 349 g/mol. The molecule has 0 bridgehead atoms. The van der Waals surface area contributed by atoms with Crippen molar-refractivity contribution in [2.45, 2.75) is 0 Å². The summed E-state index contributed by atoms with van der Waals surface area (Å²) >= 11 is 4.64. The van der Waals surface area contributed by atoms with Crippen molar-refractivity contribution in [3.05, 3.63) is 51.1 Å². The lowest BCUT2D eigenvalue weighted by atomic mass is 10.2. The van der Waals surface area contributed by atoms with Gasteiger partial charge in [0.15, 0.2) is 0 Å². The minimum absolute atomic E-state index is 0.0779. The average Bonchev–Trinajstić information content (AvgIpc) is 3.09. The van der Waals surface area contributed by atoms with Gasteiger partial charge in [-0.1, -0.05) is 23.3 Å². The maximum absolute atomic E-state index is 12.0. The average molecular weight is 350 g/mol. The molecule has 7 heteroatoms. The van der Waals surface area contributed by atoms with Crippen molar-refractivity contribution in [1.82, 2.24) is 10.2 Å². The number of carbonyl (C=O) groups is 1. The van der Waals surface area contributed by atoms with Gasteiger partial charge in [-0.25, -0.2) is 0 Å². The van der Waals surface area contributed by atoms with E-state index in [1.54, 1.807) is 0 Å². The molecule has 3 rings (SSSR count). The number of anilines is 1. The Kier molecular flexibility index (Phi) is 3.62. The van der Waals surface area contributed by atoms with Crippen LogP contribution in [-0.4, -0.2) is 16.1 Å². The molecule has 100 valence electrons. The summed E-state index contributed by atoms with van der Waals surface area (Å²) < 4.78 is 6.15. The second kappa shape index (κ2) is 5.56. The molecule has 1 N–H and O–H groups in total. The normalized spacial score (nSPS) is 10.4. The van der Waals surface area contributed by atoms with Crippen LogP contribution in [0.2, 0.25) is 0 Å². The lowest BCUT2D eigenvalue weighted by Gasteiger charge is -1.97. The van der Waals surface area contributed by atoms with Crippen molar-refractivity contribution in [2.24, 2.45) is 0 Å². The van der Waals surface area contributed by atoms with E-state index in [0.29, 0.717) is 10.8 Å². The van der Waals surface area contributed by atoms with E-state index in [4.69, 9.17) is 4.42 Å². The van der Waals surface area contributed by atoms with E-state index >= 15 is 0 Å². The number of amides is 1. The highest BCUT2D eigenvalue weighted by molar-refractivity contribution is 9.10. The minimum Gasteiger partial charge on any atom is -0.403 e. The molecular weight excluding hydrogens is 342 g/mol. The summed E-state index contributed by atoms with van der Waals surface area (Å²) in [6.45, 7) is 0. The Morgan fingerprint density at radius 1 is 1.20 bits per heavy atom. The number of rotatable bonds is 3. The van der Waals surface area contributed by atoms with Gasteiger partial charge in [-0.3, -0.25) is 10.1 Å². The first-order valence-electron chi connectivity index (χ1n) is 5.67. The zero-order chi connectivity index (χ0) is 13.9. The molecule has 20 heavy (non-hydrogen) atoms. The number of nitrogens with zero attached hydrogens (tertiary/aromatic N) is 2. The summed E-state index contributed by atoms with van der Waals surface area (Å²) in [6.07, 6.45) is 0. The van der Waals surface area contributed by atoms with Gasteiger partial charge in [0.05, 0.1) is 0 Å². The Balaban J connectivity index is 1.78. The van der Waals surface area contributed by atoms with Crippen LogP contribution in [-0.2, 0) is 0 Å². The van der Waals surface area contributed by atoms with E-state index in [2.05, 4.69) is 31.4 Å². The molecule has 0 aliphatic carbocycles. The maximum atomic E-state index is 12.0. The number of benzene rings is 1. The Bertz CT molecular complexity index is 739. The van der Waals surface area contributed by atoms with Crippen LogP contribution in [0.5, 0.6) is 0 Å². The largest absolute Gasteiger partial charge is 0.403 e. The zero-order valence-corrected chi connectivity index (χ0v) is 12.4. The van der Waals surface area contributed by atoms with Gasteiger partial charge in [0.2, 0.25) is 5.89 Å². The quantitative estimate of drug-likeness (QED) is 0.780. The van der Waals surface area contributed by atoms with Gasteiger partial charge in [0, 0.05) is 10.0 Å². The molecule has 0 saturated heterocycles. The Morgan fingerprint density at radius 2 is 2.00 bits per heavy atom. The number of hydrogen-bond donors (Lipinski definition) is 1. The SMILES string of the molecule is O=C(Nc1nnc(-c2ccccc2)o1)c1sccc1Br. The topological polar surface area (TPSA) is 68.0 Å². The third-order valence-electron chi connectivity index (χ3n) is 2.49. The molecule has 1 amide bonds. The van der Waals surface area contributed by atoms with E-state index in [1.807, 2.05) is 41.8 Å². The van der Waals surface area contributed by atoms with Crippen LogP contribution < -0.4 is 5.32 Å². The smallest absolute Gasteiger partial charge is 0.322 e. The first-order valence-corrected chi connectivity index (χ1v) is 7.34. The van der Waals surface area contributed by atoms with E-state index in [-0.39, 0.29) is 11.9 Å². The molecule has 5 nitrogen and oxygen atoms in total. The fraction of sp³-hybridized carbons (Fsp3) is 0. The predicted octanol–water partition coefficient (Wildman–Crippen LogP) is 3.81. The molecule has 1 aromatic carbocycles. The van der Waals surface area contributed by atoms with Crippen molar-refractivity contribution >= 4 is 39.2 Å². The molecule has 3 aromatic rings. The maximum Gasteiger partial charge on any atom is 0.322 e. The van der Waals surface area contributed by atoms with Crippen molar-refractivity contribution in [3.8, 4) is 11.5 Å². The number of hydrogen-bond acceptors (Lipinski definition) is 5. The molecule has 0 radical (unpaired) electrons. The van der Waals surface area contributed by atoms with Crippen LogP contribution in [0, 0.1) is 0 Å². The number of halogens is 1. The molecule has 0 aliphatic rings. The highest BCUT2D eigenvalue weighted by atomic mass is 79.9. The van der Waals surface area contributed by atoms with Crippen molar-refractivity contribution < 1.29 is 9.21 Å². The first-order chi connectivity index (χ1) is 9.74. The van der Waals surface area contributed by atoms with Crippen LogP contribution >= 0.6 is 27.3 Å². The predicted molar refractivity (Wildman–Crippen MR) is 79.7 cm³/mol. The summed E-state index contributed by atoms with van der Waals surface area (Å²) in [5, 5.41) is 12.1. The molecule has 0 saturated carbocycles. The summed E-state index contributed by atoms with van der Waals surface area (Å²) in [4.78, 5) is 12.5.